The number of nitrogens with zero attached hydrogens (tertiary/aromatic N) is 2. The van der Waals surface area contributed by atoms with Crippen LogP contribution in [0.3, 0.4) is 0 Å². The van der Waals surface area contributed by atoms with Crippen molar-refractivity contribution in [1.82, 2.24) is 9.38 Å². The predicted molar refractivity (Wildman–Crippen MR) is 51.6 cm³/mol. The molecule has 0 saturated carbocycles. The third-order valence-electron chi connectivity index (χ3n) is 2.21. The lowest BCUT2D eigenvalue weighted by Crippen LogP contribution is -2.01. The molecular weight excluding hydrogens is 199 g/mol. The number of fused-ring (bicyclic) bond motifs is 1. The third kappa shape index (κ3) is 1.36. The molecule has 0 unspecified atom stereocenters. The first-order chi connectivity index (χ1) is 7.00. The molecule has 0 amide bonds. The zero-order valence-corrected chi connectivity index (χ0v) is 8.28. The molecule has 1 N–H and O–H groups in total. The summed E-state index contributed by atoms with van der Waals surface area (Å²) in [6.07, 6.45) is 0. The summed E-state index contributed by atoms with van der Waals surface area (Å²) in [7, 11) is 0. The van der Waals surface area contributed by atoms with E-state index in [0.29, 0.717) is 11.4 Å². The maximum Gasteiger partial charge on any atom is 0.339 e. The molecule has 0 spiro atoms. The van der Waals surface area contributed by atoms with Gasteiger partial charge in [-0.15, -0.1) is 0 Å². The third-order valence-corrected chi connectivity index (χ3v) is 2.21. The molecule has 78 valence electrons. The first-order valence-electron chi connectivity index (χ1n) is 4.39. The maximum absolute atomic E-state index is 13.4. The summed E-state index contributed by atoms with van der Waals surface area (Å²) < 4.78 is 14.6. The first kappa shape index (κ1) is 9.64. The Bertz CT molecular complexity index is 560. The summed E-state index contributed by atoms with van der Waals surface area (Å²) in [4.78, 5) is 14.9. The van der Waals surface area contributed by atoms with E-state index in [1.807, 2.05) is 0 Å². The van der Waals surface area contributed by atoms with Crippen molar-refractivity contribution in [2.45, 2.75) is 13.8 Å². The Kier molecular flexibility index (Phi) is 1.96. The van der Waals surface area contributed by atoms with Crippen LogP contribution in [0.5, 0.6) is 0 Å². The number of aromatic nitrogens is 2. The number of halogens is 1. The fourth-order valence-electron chi connectivity index (χ4n) is 1.64. The van der Waals surface area contributed by atoms with Gasteiger partial charge in [-0.25, -0.2) is 9.78 Å². The standard InChI is InChI=1S/C10H9FN2O2/c1-5-3-6(2)13-8(11)4-7(10(14)15)9(13)12-5/h3-4H,1-2H3,(H,14,15). The largest absolute Gasteiger partial charge is 0.478 e. The minimum atomic E-state index is -1.17. The van der Waals surface area contributed by atoms with E-state index in [1.54, 1.807) is 19.9 Å². The second kappa shape index (κ2) is 3.05. The van der Waals surface area contributed by atoms with E-state index in [4.69, 9.17) is 5.11 Å². The van der Waals surface area contributed by atoms with Crippen LogP contribution in [0.2, 0.25) is 0 Å². The topological polar surface area (TPSA) is 54.6 Å². The number of hydrogen-bond acceptors (Lipinski definition) is 2. The highest BCUT2D eigenvalue weighted by Crippen LogP contribution is 2.17. The van der Waals surface area contributed by atoms with Crippen LogP contribution >= 0.6 is 0 Å². The Morgan fingerprint density at radius 2 is 2.13 bits per heavy atom. The molecule has 2 aromatic heterocycles. The van der Waals surface area contributed by atoms with Crippen LogP contribution in [-0.4, -0.2) is 20.5 Å². The molecule has 2 rings (SSSR count). The Labute approximate surface area is 85.0 Å². The van der Waals surface area contributed by atoms with Gasteiger partial charge in [-0.2, -0.15) is 4.39 Å². The van der Waals surface area contributed by atoms with Crippen LogP contribution in [0.4, 0.5) is 4.39 Å². The molecule has 0 atom stereocenters. The average molecular weight is 208 g/mol. The molecule has 0 aromatic carbocycles. The number of carboxylic acid groups (broad SMARTS) is 1. The first-order valence-corrected chi connectivity index (χ1v) is 4.39. The van der Waals surface area contributed by atoms with Gasteiger partial charge >= 0.3 is 5.97 Å². The fourth-order valence-corrected chi connectivity index (χ4v) is 1.64. The van der Waals surface area contributed by atoms with Crippen molar-refractivity contribution < 1.29 is 14.3 Å². The molecule has 15 heavy (non-hydrogen) atoms. The van der Waals surface area contributed by atoms with Gasteiger partial charge in [-0.05, 0) is 19.9 Å². The summed E-state index contributed by atoms with van der Waals surface area (Å²) in [5.74, 6) is -1.78. The Morgan fingerprint density at radius 3 is 2.73 bits per heavy atom. The zero-order chi connectivity index (χ0) is 11.2. The molecule has 2 heterocycles. The summed E-state index contributed by atoms with van der Waals surface area (Å²) in [6.45, 7) is 3.44. The fraction of sp³-hybridized carbons (Fsp3) is 0.200. The van der Waals surface area contributed by atoms with Crippen LogP contribution in [-0.2, 0) is 0 Å². The Balaban J connectivity index is 2.93. The van der Waals surface area contributed by atoms with Crippen molar-refractivity contribution in [2.24, 2.45) is 0 Å². The SMILES string of the molecule is Cc1cc(C)n2c(F)cc(C(=O)O)c2n1. The van der Waals surface area contributed by atoms with E-state index >= 15 is 0 Å². The van der Waals surface area contributed by atoms with Crippen LogP contribution < -0.4 is 0 Å². The molecule has 2 aromatic rings. The van der Waals surface area contributed by atoms with Crippen molar-refractivity contribution in [3.63, 3.8) is 0 Å². The molecule has 0 radical (unpaired) electrons. The van der Waals surface area contributed by atoms with E-state index in [1.165, 1.54) is 4.40 Å². The number of carboxylic acids is 1. The number of aryl methyl sites for hydroxylation is 2. The lowest BCUT2D eigenvalue weighted by Gasteiger charge is -2.02. The van der Waals surface area contributed by atoms with Gasteiger partial charge in [0.05, 0.1) is 0 Å². The summed E-state index contributed by atoms with van der Waals surface area (Å²) in [5, 5.41) is 8.86. The van der Waals surface area contributed by atoms with E-state index in [9.17, 15) is 9.18 Å². The van der Waals surface area contributed by atoms with Gasteiger partial charge in [0.15, 0.2) is 5.65 Å². The average Bonchev–Trinajstić information content (AvgIpc) is 2.42. The number of carbonyl (C=O) groups is 1. The highest BCUT2D eigenvalue weighted by molar-refractivity contribution is 5.94. The lowest BCUT2D eigenvalue weighted by molar-refractivity contribution is 0.0698. The molecule has 0 bridgehead atoms. The molecule has 0 aliphatic carbocycles. The zero-order valence-electron chi connectivity index (χ0n) is 8.28. The van der Waals surface area contributed by atoms with Crippen molar-refractivity contribution >= 4 is 11.6 Å². The molecule has 5 heteroatoms. The molecule has 4 nitrogen and oxygen atoms in total. The van der Waals surface area contributed by atoms with Crippen LogP contribution in [0.15, 0.2) is 12.1 Å². The predicted octanol–water partition coefficient (Wildman–Crippen LogP) is 1.79. The summed E-state index contributed by atoms with van der Waals surface area (Å²) in [5.41, 5.74) is 1.33. The van der Waals surface area contributed by atoms with Gasteiger partial charge in [0.1, 0.15) is 5.56 Å². The van der Waals surface area contributed by atoms with E-state index in [-0.39, 0.29) is 11.2 Å². The van der Waals surface area contributed by atoms with Gasteiger partial charge in [0.2, 0.25) is 5.95 Å². The molecule has 0 aliphatic heterocycles. The van der Waals surface area contributed by atoms with E-state index in [2.05, 4.69) is 4.98 Å². The molecule has 0 saturated heterocycles. The highest BCUT2D eigenvalue weighted by atomic mass is 19.1. The smallest absolute Gasteiger partial charge is 0.339 e. The summed E-state index contributed by atoms with van der Waals surface area (Å²) >= 11 is 0. The van der Waals surface area contributed by atoms with Crippen LogP contribution in [0.1, 0.15) is 21.7 Å². The highest BCUT2D eigenvalue weighted by Gasteiger charge is 2.17. The Morgan fingerprint density at radius 1 is 1.47 bits per heavy atom. The normalized spacial score (nSPS) is 10.9. The minimum Gasteiger partial charge on any atom is -0.478 e. The van der Waals surface area contributed by atoms with Crippen molar-refractivity contribution in [3.05, 3.63) is 35.0 Å². The van der Waals surface area contributed by atoms with Crippen LogP contribution in [0.25, 0.3) is 5.65 Å². The van der Waals surface area contributed by atoms with E-state index in [0.717, 1.165) is 6.07 Å². The number of hydrogen-bond donors (Lipinski definition) is 1. The van der Waals surface area contributed by atoms with Gasteiger partial charge in [0.25, 0.3) is 0 Å². The van der Waals surface area contributed by atoms with Crippen molar-refractivity contribution in [2.75, 3.05) is 0 Å². The quantitative estimate of drug-likeness (QED) is 0.777. The lowest BCUT2D eigenvalue weighted by atomic mass is 10.3. The monoisotopic (exact) mass is 208 g/mol. The second-order valence-corrected chi connectivity index (χ2v) is 3.38. The molecule has 0 aliphatic rings. The van der Waals surface area contributed by atoms with Crippen molar-refractivity contribution in [3.8, 4) is 0 Å². The van der Waals surface area contributed by atoms with Gasteiger partial charge in [0, 0.05) is 17.5 Å². The minimum absolute atomic E-state index is 0.112. The second-order valence-electron chi connectivity index (χ2n) is 3.38. The number of aromatic carboxylic acids is 1. The van der Waals surface area contributed by atoms with Crippen LogP contribution in [0, 0.1) is 19.8 Å². The summed E-state index contributed by atoms with van der Waals surface area (Å²) in [6, 6.07) is 2.68. The van der Waals surface area contributed by atoms with E-state index < -0.39 is 11.9 Å². The van der Waals surface area contributed by atoms with Gasteiger partial charge in [-0.1, -0.05) is 0 Å². The van der Waals surface area contributed by atoms with Gasteiger partial charge < -0.3 is 5.11 Å². The number of rotatable bonds is 1. The maximum atomic E-state index is 13.4. The Hall–Kier alpha value is -1.91. The molecule has 0 fully saturated rings. The van der Waals surface area contributed by atoms with Gasteiger partial charge in [-0.3, -0.25) is 4.40 Å². The molecular formula is C10H9FN2O2. The van der Waals surface area contributed by atoms with Crippen molar-refractivity contribution in [1.29, 1.82) is 0 Å².